The summed E-state index contributed by atoms with van der Waals surface area (Å²) in [6.07, 6.45) is 5.15. The van der Waals surface area contributed by atoms with Crippen LogP contribution in [0.1, 0.15) is 24.8 Å². The van der Waals surface area contributed by atoms with Gasteiger partial charge in [0.15, 0.2) is 11.5 Å². The number of methoxy groups -OCH3 is 1. The summed E-state index contributed by atoms with van der Waals surface area (Å²) in [5.74, 6) is 4.89. The van der Waals surface area contributed by atoms with Crippen molar-refractivity contribution in [3.05, 3.63) is 23.8 Å². The molecular formula is C17H25NO2S. The molecule has 2 atom stereocenters. The summed E-state index contributed by atoms with van der Waals surface area (Å²) in [5.41, 5.74) is 1.29. The summed E-state index contributed by atoms with van der Waals surface area (Å²) in [4.78, 5) is 0. The van der Waals surface area contributed by atoms with Crippen LogP contribution in [0.25, 0.3) is 0 Å². The maximum atomic E-state index is 6.17. The van der Waals surface area contributed by atoms with Crippen molar-refractivity contribution in [3.63, 3.8) is 0 Å². The second kappa shape index (κ2) is 7.41. The van der Waals surface area contributed by atoms with E-state index < -0.39 is 0 Å². The first kappa shape index (κ1) is 15.0. The Labute approximate surface area is 131 Å². The van der Waals surface area contributed by atoms with Crippen molar-refractivity contribution in [1.29, 1.82) is 0 Å². The summed E-state index contributed by atoms with van der Waals surface area (Å²) < 4.78 is 11.8. The molecule has 0 radical (unpaired) electrons. The van der Waals surface area contributed by atoms with Gasteiger partial charge in [-0.05, 0) is 62.1 Å². The Hall–Kier alpha value is -0.870. The molecule has 0 spiro atoms. The maximum absolute atomic E-state index is 6.17. The molecule has 3 nitrogen and oxygen atoms in total. The summed E-state index contributed by atoms with van der Waals surface area (Å²) in [7, 11) is 1.76. The summed E-state index contributed by atoms with van der Waals surface area (Å²) in [6, 6.07) is 6.33. The van der Waals surface area contributed by atoms with Crippen molar-refractivity contribution in [3.8, 4) is 11.5 Å². The normalized spacial score (nSPS) is 25.8. The molecule has 1 aromatic carbocycles. The molecule has 2 fully saturated rings. The third-order valence-corrected chi connectivity index (χ3v) is 5.49. The van der Waals surface area contributed by atoms with E-state index >= 15 is 0 Å². The van der Waals surface area contributed by atoms with Gasteiger partial charge in [0.2, 0.25) is 0 Å². The molecule has 2 unspecified atom stereocenters. The van der Waals surface area contributed by atoms with Gasteiger partial charge in [0.1, 0.15) is 6.10 Å². The van der Waals surface area contributed by atoms with E-state index in [0.29, 0.717) is 12.0 Å². The SMILES string of the molecule is COc1c(CC2CCCNC2)cccc1OC1CCSC1. The minimum atomic E-state index is 0.343. The van der Waals surface area contributed by atoms with Crippen LogP contribution in [0.2, 0.25) is 0 Å². The lowest BCUT2D eigenvalue weighted by Crippen LogP contribution is -2.30. The second-order valence-electron chi connectivity index (χ2n) is 5.97. The molecule has 2 aliphatic heterocycles. The van der Waals surface area contributed by atoms with Gasteiger partial charge in [-0.25, -0.2) is 0 Å². The lowest BCUT2D eigenvalue weighted by molar-refractivity contribution is 0.217. The van der Waals surface area contributed by atoms with Crippen LogP contribution in [-0.4, -0.2) is 37.8 Å². The highest BCUT2D eigenvalue weighted by Gasteiger charge is 2.21. The van der Waals surface area contributed by atoms with Gasteiger partial charge >= 0.3 is 0 Å². The van der Waals surface area contributed by atoms with E-state index in [4.69, 9.17) is 9.47 Å². The van der Waals surface area contributed by atoms with Crippen LogP contribution in [0.15, 0.2) is 18.2 Å². The molecule has 0 bridgehead atoms. The molecule has 0 amide bonds. The Balaban J connectivity index is 1.72. The monoisotopic (exact) mass is 307 g/mol. The highest BCUT2D eigenvalue weighted by molar-refractivity contribution is 7.99. The third kappa shape index (κ3) is 3.86. The molecule has 0 saturated carbocycles. The highest BCUT2D eigenvalue weighted by atomic mass is 32.2. The van der Waals surface area contributed by atoms with E-state index in [1.807, 2.05) is 17.8 Å². The van der Waals surface area contributed by atoms with Gasteiger partial charge in [0, 0.05) is 5.75 Å². The second-order valence-corrected chi connectivity index (χ2v) is 7.12. The lowest BCUT2D eigenvalue weighted by atomic mass is 9.92. The number of hydrogen-bond donors (Lipinski definition) is 1. The molecule has 0 aromatic heterocycles. The first-order chi connectivity index (χ1) is 10.4. The molecular weight excluding hydrogens is 282 g/mol. The van der Waals surface area contributed by atoms with Gasteiger partial charge in [-0.2, -0.15) is 11.8 Å². The van der Waals surface area contributed by atoms with Gasteiger partial charge in [0.25, 0.3) is 0 Å². The van der Waals surface area contributed by atoms with Crippen LogP contribution < -0.4 is 14.8 Å². The zero-order chi connectivity index (χ0) is 14.5. The predicted molar refractivity (Wildman–Crippen MR) is 88.6 cm³/mol. The third-order valence-electron chi connectivity index (χ3n) is 4.35. The van der Waals surface area contributed by atoms with Crippen molar-refractivity contribution >= 4 is 11.8 Å². The average molecular weight is 307 g/mol. The standard InChI is InChI=1S/C17H25NO2S/c1-19-17-14(10-13-4-3-8-18-11-13)5-2-6-16(17)20-15-7-9-21-12-15/h2,5-6,13,15,18H,3-4,7-12H2,1H3. The van der Waals surface area contributed by atoms with Gasteiger partial charge < -0.3 is 14.8 Å². The van der Waals surface area contributed by atoms with Crippen LogP contribution in [0, 0.1) is 5.92 Å². The highest BCUT2D eigenvalue weighted by Crippen LogP contribution is 2.35. The zero-order valence-electron chi connectivity index (χ0n) is 12.8. The van der Waals surface area contributed by atoms with Crippen molar-refractivity contribution in [2.75, 3.05) is 31.7 Å². The number of nitrogens with one attached hydrogen (secondary N) is 1. The zero-order valence-corrected chi connectivity index (χ0v) is 13.6. The van der Waals surface area contributed by atoms with Gasteiger partial charge in [-0.3, -0.25) is 0 Å². The lowest BCUT2D eigenvalue weighted by Gasteiger charge is -2.24. The van der Waals surface area contributed by atoms with Crippen LogP contribution in [0.3, 0.4) is 0 Å². The van der Waals surface area contributed by atoms with E-state index in [9.17, 15) is 0 Å². The molecule has 4 heteroatoms. The van der Waals surface area contributed by atoms with Crippen molar-refractivity contribution in [2.24, 2.45) is 5.92 Å². The topological polar surface area (TPSA) is 30.5 Å². The summed E-state index contributed by atoms with van der Waals surface area (Å²) in [5, 5.41) is 3.49. The first-order valence-electron chi connectivity index (χ1n) is 7.98. The minimum Gasteiger partial charge on any atom is -0.493 e. The van der Waals surface area contributed by atoms with E-state index in [1.54, 1.807) is 7.11 Å². The molecule has 116 valence electrons. The molecule has 21 heavy (non-hydrogen) atoms. The van der Waals surface area contributed by atoms with E-state index in [2.05, 4.69) is 17.4 Å². The molecule has 2 heterocycles. The van der Waals surface area contributed by atoms with Gasteiger partial charge in [-0.15, -0.1) is 0 Å². The predicted octanol–water partition coefficient (Wildman–Crippen LogP) is 3.12. The average Bonchev–Trinajstić information content (AvgIpc) is 3.02. The Morgan fingerprint density at radius 3 is 3.00 bits per heavy atom. The van der Waals surface area contributed by atoms with Crippen molar-refractivity contribution < 1.29 is 9.47 Å². The Morgan fingerprint density at radius 1 is 1.33 bits per heavy atom. The Kier molecular flexibility index (Phi) is 5.31. The number of rotatable bonds is 5. The van der Waals surface area contributed by atoms with Crippen LogP contribution in [0.4, 0.5) is 0 Å². The fourth-order valence-corrected chi connectivity index (χ4v) is 4.33. The molecule has 2 aliphatic rings. The number of thioether (sulfide) groups is 1. The number of hydrogen-bond acceptors (Lipinski definition) is 4. The fourth-order valence-electron chi connectivity index (χ4n) is 3.24. The van der Waals surface area contributed by atoms with E-state index in [-0.39, 0.29) is 0 Å². The van der Waals surface area contributed by atoms with Crippen molar-refractivity contribution in [2.45, 2.75) is 31.8 Å². The molecule has 1 aromatic rings. The van der Waals surface area contributed by atoms with Crippen LogP contribution in [-0.2, 0) is 6.42 Å². The molecule has 0 aliphatic carbocycles. The summed E-state index contributed by atoms with van der Waals surface area (Å²) in [6.45, 7) is 2.28. The number of para-hydroxylation sites is 1. The summed E-state index contributed by atoms with van der Waals surface area (Å²) >= 11 is 1.97. The number of piperidine rings is 1. The first-order valence-corrected chi connectivity index (χ1v) is 9.13. The van der Waals surface area contributed by atoms with Crippen LogP contribution in [0.5, 0.6) is 11.5 Å². The van der Waals surface area contributed by atoms with E-state index in [1.165, 1.54) is 24.2 Å². The number of benzene rings is 1. The maximum Gasteiger partial charge on any atom is 0.163 e. The largest absolute Gasteiger partial charge is 0.493 e. The van der Waals surface area contributed by atoms with Crippen molar-refractivity contribution in [1.82, 2.24) is 5.32 Å². The van der Waals surface area contributed by atoms with E-state index in [0.717, 1.165) is 43.2 Å². The Morgan fingerprint density at radius 2 is 2.29 bits per heavy atom. The number of ether oxygens (including phenoxy) is 2. The fraction of sp³-hybridized carbons (Fsp3) is 0.647. The van der Waals surface area contributed by atoms with Gasteiger partial charge in [0.05, 0.1) is 7.11 Å². The molecule has 1 N–H and O–H groups in total. The van der Waals surface area contributed by atoms with Gasteiger partial charge in [-0.1, -0.05) is 12.1 Å². The Bertz CT molecular complexity index is 454. The smallest absolute Gasteiger partial charge is 0.163 e. The van der Waals surface area contributed by atoms with Crippen LogP contribution >= 0.6 is 11.8 Å². The quantitative estimate of drug-likeness (QED) is 0.905. The minimum absolute atomic E-state index is 0.343. The molecule has 3 rings (SSSR count). The molecule has 2 saturated heterocycles.